The lowest BCUT2D eigenvalue weighted by Crippen LogP contribution is -2.50. The first-order chi connectivity index (χ1) is 22.8. The van der Waals surface area contributed by atoms with E-state index >= 15 is 0 Å². The van der Waals surface area contributed by atoms with Crippen molar-refractivity contribution < 1.29 is 24.6 Å². The molecule has 1 saturated heterocycles. The summed E-state index contributed by atoms with van der Waals surface area (Å²) in [6, 6.07) is 0.216. The first kappa shape index (κ1) is 36.4. The van der Waals surface area contributed by atoms with Crippen LogP contribution < -0.4 is 16.0 Å². The van der Waals surface area contributed by atoms with Gasteiger partial charge in [-0.2, -0.15) is 5.06 Å². The Morgan fingerprint density at radius 3 is 2.45 bits per heavy atom. The predicted octanol–water partition coefficient (Wildman–Crippen LogP) is 3.81. The maximum absolute atomic E-state index is 13.6. The lowest BCUT2D eigenvalue weighted by atomic mass is 9.81. The fraction of sp³-hybridized carbons (Fsp3) is 0.892. The number of carbonyl (C=O) groups is 2. The van der Waals surface area contributed by atoms with E-state index in [1.165, 1.54) is 64.2 Å². The van der Waals surface area contributed by atoms with Crippen LogP contribution in [0, 0.1) is 41.4 Å². The summed E-state index contributed by atoms with van der Waals surface area (Å²) < 4.78 is 0. The Hall–Kier alpha value is -1.90. The summed E-state index contributed by atoms with van der Waals surface area (Å²) in [4.78, 5) is 34.6. The van der Waals surface area contributed by atoms with Gasteiger partial charge in [0, 0.05) is 37.0 Å². The number of hydrogen-bond donors (Lipinski definition) is 5. The third-order valence-corrected chi connectivity index (χ3v) is 11.8. The van der Waals surface area contributed by atoms with E-state index in [0.717, 1.165) is 51.0 Å². The van der Waals surface area contributed by atoms with Gasteiger partial charge in [0.05, 0.1) is 19.3 Å². The molecule has 4 saturated carbocycles. The average Bonchev–Trinajstić information content (AvgIpc) is 3.75. The van der Waals surface area contributed by atoms with Crippen LogP contribution >= 0.6 is 0 Å². The summed E-state index contributed by atoms with van der Waals surface area (Å²) in [7, 11) is 2.19. The molecule has 0 bridgehead atoms. The first-order valence-electron chi connectivity index (χ1n) is 19.1. The second-order valence-electron chi connectivity index (χ2n) is 15.4. The lowest BCUT2D eigenvalue weighted by molar-refractivity contribution is -0.183. The Balaban J connectivity index is 1.06. The molecule has 4 unspecified atom stereocenters. The van der Waals surface area contributed by atoms with Crippen molar-refractivity contribution in [2.24, 2.45) is 29.6 Å². The van der Waals surface area contributed by atoms with Crippen molar-refractivity contribution in [3.63, 3.8) is 0 Å². The molecule has 0 radical (unpaired) electrons. The molecular formula is C37H63N5O5. The van der Waals surface area contributed by atoms with Gasteiger partial charge in [-0.3, -0.25) is 9.63 Å². The van der Waals surface area contributed by atoms with Gasteiger partial charge in [0.15, 0.2) is 0 Å². The largest absolute Gasteiger partial charge is 0.394 e. The van der Waals surface area contributed by atoms with Gasteiger partial charge < -0.3 is 31.1 Å². The summed E-state index contributed by atoms with van der Waals surface area (Å²) >= 11 is 0. The van der Waals surface area contributed by atoms with Crippen LogP contribution in [0.2, 0.25) is 0 Å². The van der Waals surface area contributed by atoms with Crippen molar-refractivity contribution in [2.75, 3.05) is 39.8 Å². The van der Waals surface area contributed by atoms with Crippen molar-refractivity contribution >= 4 is 11.9 Å². The van der Waals surface area contributed by atoms with Crippen molar-refractivity contribution in [2.45, 2.75) is 140 Å². The number of nitrogens with one attached hydrogen (secondary N) is 3. The number of carbonyl (C=O) groups excluding carboxylic acids is 2. The van der Waals surface area contributed by atoms with E-state index in [4.69, 9.17) is 4.84 Å². The Morgan fingerprint density at radius 1 is 0.979 bits per heavy atom. The molecule has 4 aliphatic carbocycles. The second kappa shape index (κ2) is 18.2. The highest BCUT2D eigenvalue weighted by Gasteiger charge is 2.50. The highest BCUT2D eigenvalue weighted by atomic mass is 16.7. The zero-order valence-corrected chi connectivity index (χ0v) is 29.1. The number of rotatable bonds is 13. The Labute approximate surface area is 283 Å². The smallest absolute Gasteiger partial charge is 0.315 e. The van der Waals surface area contributed by atoms with Crippen molar-refractivity contribution in [1.82, 2.24) is 25.9 Å². The molecule has 10 nitrogen and oxygen atoms in total. The van der Waals surface area contributed by atoms with Crippen LogP contribution in [0.3, 0.4) is 0 Å². The molecule has 3 amide bonds. The second-order valence-corrected chi connectivity index (χ2v) is 15.4. The van der Waals surface area contributed by atoms with Crippen LogP contribution in [-0.2, 0) is 9.63 Å². The Bertz CT molecular complexity index is 1050. The van der Waals surface area contributed by atoms with Crippen molar-refractivity contribution in [1.29, 1.82) is 0 Å². The Morgan fingerprint density at radius 2 is 1.72 bits per heavy atom. The maximum atomic E-state index is 13.6. The minimum absolute atomic E-state index is 0.109. The molecular weight excluding hydrogens is 594 g/mol. The molecule has 5 rings (SSSR count). The third kappa shape index (κ3) is 10.5. The van der Waals surface area contributed by atoms with E-state index in [1.807, 2.05) is 0 Å². The number of aliphatic hydroxyl groups excluding tert-OH is 2. The molecule has 8 atom stereocenters. The normalized spacial score (nSPS) is 32.7. The number of amides is 3. The number of hydrogen-bond acceptors (Lipinski definition) is 7. The third-order valence-electron chi connectivity index (χ3n) is 11.8. The zero-order valence-electron chi connectivity index (χ0n) is 29.1. The summed E-state index contributed by atoms with van der Waals surface area (Å²) in [6.07, 6.45) is 17.7. The minimum Gasteiger partial charge on any atom is -0.394 e. The van der Waals surface area contributed by atoms with E-state index in [-0.39, 0.29) is 30.4 Å². The summed E-state index contributed by atoms with van der Waals surface area (Å²) in [5.41, 5.74) is 0. The lowest BCUT2D eigenvalue weighted by Gasteiger charge is -2.32. The van der Waals surface area contributed by atoms with E-state index in [9.17, 15) is 19.8 Å². The minimum atomic E-state index is -0.793. The molecule has 0 aromatic heterocycles. The van der Waals surface area contributed by atoms with Gasteiger partial charge in [0.2, 0.25) is 5.91 Å². The highest BCUT2D eigenvalue weighted by Crippen LogP contribution is 2.44. The van der Waals surface area contributed by atoms with Gasteiger partial charge in [-0.25, -0.2) is 4.79 Å². The number of urea groups is 1. The molecule has 266 valence electrons. The molecule has 1 aliphatic heterocycles. The molecule has 47 heavy (non-hydrogen) atoms. The van der Waals surface area contributed by atoms with Crippen LogP contribution in [0.5, 0.6) is 0 Å². The summed E-state index contributed by atoms with van der Waals surface area (Å²) in [5.74, 6) is 7.92. The molecule has 0 aromatic carbocycles. The van der Waals surface area contributed by atoms with Crippen molar-refractivity contribution in [3.05, 3.63) is 0 Å². The van der Waals surface area contributed by atoms with E-state index in [2.05, 4.69) is 39.7 Å². The quantitative estimate of drug-likeness (QED) is 0.151. The number of hydroxylamine groups is 2. The van der Waals surface area contributed by atoms with Crippen LogP contribution in [0.4, 0.5) is 4.79 Å². The fourth-order valence-electron chi connectivity index (χ4n) is 9.09. The van der Waals surface area contributed by atoms with Gasteiger partial charge in [-0.1, -0.05) is 69.6 Å². The summed E-state index contributed by atoms with van der Waals surface area (Å²) in [6.45, 7) is 3.86. The van der Waals surface area contributed by atoms with E-state index in [0.29, 0.717) is 37.6 Å². The van der Waals surface area contributed by atoms with Crippen molar-refractivity contribution in [3.8, 4) is 11.8 Å². The van der Waals surface area contributed by atoms with Crippen LogP contribution in [0.1, 0.15) is 110 Å². The molecule has 5 aliphatic rings. The van der Waals surface area contributed by atoms with Crippen LogP contribution in [0.25, 0.3) is 0 Å². The molecule has 5 N–H and O–H groups in total. The highest BCUT2D eigenvalue weighted by molar-refractivity contribution is 5.82. The monoisotopic (exact) mass is 657 g/mol. The average molecular weight is 658 g/mol. The maximum Gasteiger partial charge on any atom is 0.315 e. The number of nitrogens with zero attached hydrogens (tertiary/aromatic N) is 2. The fourth-order valence-corrected chi connectivity index (χ4v) is 9.09. The molecule has 1 heterocycles. The van der Waals surface area contributed by atoms with Crippen LogP contribution in [-0.4, -0.2) is 102 Å². The number of aliphatic hydroxyl groups is 2. The van der Waals surface area contributed by atoms with Gasteiger partial charge >= 0.3 is 6.03 Å². The SMILES string of the molecule is C[C@@H](O)[C@H]1[C@@H](CO)ON(CC2CCCC(C#CCNC(=O)NC3CC3C3CCCCC3)C2)[C@H]1C(=O)NCCCN(C)C1CCCCC1. The topological polar surface area (TPSA) is 126 Å². The molecule has 10 heteroatoms. The molecule has 0 aromatic rings. The van der Waals surface area contributed by atoms with Gasteiger partial charge in [-0.05, 0) is 83.2 Å². The van der Waals surface area contributed by atoms with Gasteiger partial charge in [-0.15, -0.1) is 0 Å². The van der Waals surface area contributed by atoms with Gasteiger partial charge in [0.1, 0.15) is 12.1 Å². The van der Waals surface area contributed by atoms with Crippen LogP contribution in [0.15, 0.2) is 0 Å². The molecule has 5 fully saturated rings. The van der Waals surface area contributed by atoms with Gasteiger partial charge in [0.25, 0.3) is 0 Å². The summed E-state index contributed by atoms with van der Waals surface area (Å²) in [5, 5.41) is 31.7. The predicted molar refractivity (Wildman–Crippen MR) is 183 cm³/mol. The zero-order chi connectivity index (χ0) is 33.2. The molecule has 0 spiro atoms. The Kier molecular flexibility index (Phi) is 14.1. The van der Waals surface area contributed by atoms with E-state index in [1.54, 1.807) is 12.0 Å². The first-order valence-corrected chi connectivity index (χ1v) is 19.1. The van der Waals surface area contributed by atoms with E-state index < -0.39 is 24.2 Å². The standard InChI is InChI=1S/C37H63N5O5/c1-26(44)34-33(25-43)47-42(35(34)36(45)38-20-11-21-41(2)30-17-7-4-8-18-30)24-28-13-9-12-27(22-28)14-10-19-39-37(46)40-32-23-31(32)29-15-5-3-6-16-29/h26-35,43-44H,3-9,11-13,15-25H2,1-2H3,(H,38,45)(H2,39,40,46)/t26-,27?,28?,31?,32?,33-,34+,35-/m1/s1.